The minimum atomic E-state index is -0.273. The van der Waals surface area contributed by atoms with Gasteiger partial charge in [0, 0.05) is 5.41 Å². The fraction of sp³-hybridized carbons (Fsp3) is 0.667. The molecule has 0 bridgehead atoms. The Labute approximate surface area is 98.6 Å². The molecule has 0 aromatic rings. The summed E-state index contributed by atoms with van der Waals surface area (Å²) in [6.45, 7) is 8.90. The molecule has 0 spiro atoms. The number of hydrogen-bond donors (Lipinski definition) is 0. The molecule has 2 rings (SSSR count). The maximum Gasteiger partial charge on any atom is 0.130 e. The molecule has 2 aliphatic carbocycles. The van der Waals surface area contributed by atoms with Gasteiger partial charge in [-0.1, -0.05) is 44.1 Å². The van der Waals surface area contributed by atoms with Gasteiger partial charge in [-0.3, -0.25) is 0 Å². The normalized spacial score (nSPS) is 37.1. The van der Waals surface area contributed by atoms with E-state index in [1.807, 2.05) is 0 Å². The molecule has 2 aliphatic rings. The van der Waals surface area contributed by atoms with E-state index < -0.39 is 0 Å². The van der Waals surface area contributed by atoms with Gasteiger partial charge >= 0.3 is 0 Å². The fourth-order valence-electron chi connectivity index (χ4n) is 3.23. The van der Waals surface area contributed by atoms with Crippen LogP contribution in [0, 0.1) is 16.7 Å². The lowest BCUT2D eigenvalue weighted by atomic mass is 9.52. The zero-order valence-corrected chi connectivity index (χ0v) is 10.8. The molecule has 16 heavy (non-hydrogen) atoms. The Hall–Kier alpha value is -0.850. The summed E-state index contributed by atoms with van der Waals surface area (Å²) in [4.78, 5) is 11.6. The largest absolute Gasteiger partial charge is 0.302 e. The minimum Gasteiger partial charge on any atom is -0.302 e. The second kappa shape index (κ2) is 3.58. The number of hydrogen-bond acceptors (Lipinski definition) is 1. The quantitative estimate of drug-likeness (QED) is 0.482. The number of allylic oxidation sites excluding steroid dienone is 4. The number of carbonyl (C=O) groups is 1. The number of carbonyl (C=O) groups excluding carboxylic acids is 1. The topological polar surface area (TPSA) is 17.1 Å². The van der Waals surface area contributed by atoms with Gasteiger partial charge in [0.05, 0.1) is 0 Å². The van der Waals surface area contributed by atoms with Crippen LogP contribution in [-0.4, -0.2) is 6.29 Å². The van der Waals surface area contributed by atoms with E-state index in [4.69, 9.17) is 0 Å². The third-order valence-electron chi connectivity index (χ3n) is 5.27. The minimum absolute atomic E-state index is 0.0682. The van der Waals surface area contributed by atoms with Crippen LogP contribution >= 0.6 is 0 Å². The average molecular weight is 218 g/mol. The first-order valence-electron chi connectivity index (χ1n) is 6.26. The van der Waals surface area contributed by atoms with Crippen LogP contribution in [0.2, 0.25) is 0 Å². The van der Waals surface area contributed by atoms with E-state index >= 15 is 0 Å². The second-order valence-electron chi connectivity index (χ2n) is 6.11. The van der Waals surface area contributed by atoms with Crippen LogP contribution in [0.5, 0.6) is 0 Å². The third kappa shape index (κ3) is 1.33. The molecule has 0 aliphatic heterocycles. The van der Waals surface area contributed by atoms with E-state index in [1.54, 1.807) is 0 Å². The van der Waals surface area contributed by atoms with Crippen LogP contribution in [0.25, 0.3) is 0 Å². The lowest BCUT2D eigenvalue weighted by molar-refractivity contribution is -0.121. The van der Waals surface area contributed by atoms with Crippen LogP contribution in [0.15, 0.2) is 23.3 Å². The van der Waals surface area contributed by atoms with Crippen molar-refractivity contribution in [3.8, 4) is 0 Å². The van der Waals surface area contributed by atoms with Crippen molar-refractivity contribution in [1.29, 1.82) is 0 Å². The number of aldehydes is 1. The first-order chi connectivity index (χ1) is 7.43. The molecule has 0 radical (unpaired) electrons. The van der Waals surface area contributed by atoms with Crippen molar-refractivity contribution in [2.24, 2.45) is 16.7 Å². The molecule has 0 saturated heterocycles. The first-order valence-corrected chi connectivity index (χ1v) is 6.26. The first kappa shape index (κ1) is 11.6. The molecule has 88 valence electrons. The van der Waals surface area contributed by atoms with Crippen molar-refractivity contribution in [1.82, 2.24) is 0 Å². The summed E-state index contributed by atoms with van der Waals surface area (Å²) in [5.74, 6) is 0.577. The highest BCUT2D eigenvalue weighted by atomic mass is 16.1. The van der Waals surface area contributed by atoms with Crippen molar-refractivity contribution in [2.75, 3.05) is 0 Å². The van der Waals surface area contributed by atoms with Crippen LogP contribution in [0.1, 0.15) is 47.0 Å². The lowest BCUT2D eigenvalue weighted by Crippen LogP contribution is -2.46. The smallest absolute Gasteiger partial charge is 0.130 e. The van der Waals surface area contributed by atoms with Gasteiger partial charge in [-0.05, 0) is 37.5 Å². The lowest BCUT2D eigenvalue weighted by Gasteiger charge is -2.51. The Morgan fingerprint density at radius 1 is 1.25 bits per heavy atom. The van der Waals surface area contributed by atoms with Gasteiger partial charge < -0.3 is 4.79 Å². The van der Waals surface area contributed by atoms with E-state index in [-0.39, 0.29) is 10.8 Å². The average Bonchev–Trinajstić information content (AvgIpc) is 2.27. The molecule has 0 N–H and O–H groups in total. The Morgan fingerprint density at radius 2 is 1.88 bits per heavy atom. The Balaban J connectivity index is 2.54. The van der Waals surface area contributed by atoms with Crippen LogP contribution < -0.4 is 0 Å². The molecule has 0 aromatic heterocycles. The highest BCUT2D eigenvalue weighted by Gasteiger charge is 2.50. The summed E-state index contributed by atoms with van der Waals surface area (Å²) >= 11 is 0. The summed E-state index contributed by atoms with van der Waals surface area (Å²) in [5, 5.41) is 0. The molecule has 2 atom stereocenters. The van der Waals surface area contributed by atoms with Gasteiger partial charge in [0.15, 0.2) is 0 Å². The van der Waals surface area contributed by atoms with Gasteiger partial charge in [-0.25, -0.2) is 0 Å². The van der Waals surface area contributed by atoms with E-state index in [2.05, 4.69) is 39.8 Å². The van der Waals surface area contributed by atoms with Crippen LogP contribution in [0.4, 0.5) is 0 Å². The predicted molar refractivity (Wildman–Crippen MR) is 67.1 cm³/mol. The SMILES string of the molecule is CC1CC2=C(CC=CC2)C(C)(C=O)C1(C)C. The summed E-state index contributed by atoms with van der Waals surface area (Å²) in [6.07, 6.45) is 8.84. The molecule has 0 saturated carbocycles. The van der Waals surface area contributed by atoms with Gasteiger partial charge in [0.2, 0.25) is 0 Å². The summed E-state index contributed by atoms with van der Waals surface area (Å²) in [5.41, 5.74) is 2.71. The molecule has 0 heterocycles. The zero-order chi connectivity index (χ0) is 12.0. The van der Waals surface area contributed by atoms with Crippen molar-refractivity contribution < 1.29 is 4.79 Å². The number of rotatable bonds is 1. The van der Waals surface area contributed by atoms with Gasteiger partial charge in [-0.15, -0.1) is 0 Å². The van der Waals surface area contributed by atoms with Crippen molar-refractivity contribution in [3.63, 3.8) is 0 Å². The van der Waals surface area contributed by atoms with Crippen molar-refractivity contribution in [2.45, 2.75) is 47.0 Å². The van der Waals surface area contributed by atoms with E-state index in [1.165, 1.54) is 17.4 Å². The summed E-state index contributed by atoms with van der Waals surface area (Å²) in [6, 6.07) is 0. The summed E-state index contributed by atoms with van der Waals surface area (Å²) in [7, 11) is 0. The maximum atomic E-state index is 11.6. The standard InChI is InChI=1S/C15H22O/c1-11-9-12-7-5-6-8-13(12)15(4,10-16)14(11,2)3/h5-6,10-11H,7-9H2,1-4H3. The molecule has 1 heteroatoms. The molecule has 0 fully saturated rings. The summed E-state index contributed by atoms with van der Waals surface area (Å²) < 4.78 is 0. The Morgan fingerprint density at radius 3 is 2.50 bits per heavy atom. The van der Waals surface area contributed by atoms with E-state index in [9.17, 15) is 4.79 Å². The third-order valence-corrected chi connectivity index (χ3v) is 5.27. The molecule has 0 amide bonds. The van der Waals surface area contributed by atoms with E-state index in [0.29, 0.717) is 5.92 Å². The maximum absolute atomic E-state index is 11.6. The van der Waals surface area contributed by atoms with Crippen molar-refractivity contribution >= 4 is 6.29 Å². The molecule has 1 nitrogen and oxygen atoms in total. The highest BCUT2D eigenvalue weighted by Crippen LogP contribution is 2.56. The van der Waals surface area contributed by atoms with Crippen molar-refractivity contribution in [3.05, 3.63) is 23.3 Å². The fourth-order valence-corrected chi connectivity index (χ4v) is 3.23. The molecule has 0 aromatic carbocycles. The Bertz CT molecular complexity index is 373. The molecular formula is C15H22O. The van der Waals surface area contributed by atoms with Gasteiger partial charge in [0.25, 0.3) is 0 Å². The highest BCUT2D eigenvalue weighted by molar-refractivity contribution is 5.68. The molecule has 2 unspecified atom stereocenters. The van der Waals surface area contributed by atoms with Crippen LogP contribution in [-0.2, 0) is 4.79 Å². The molecular weight excluding hydrogens is 196 g/mol. The monoisotopic (exact) mass is 218 g/mol. The predicted octanol–water partition coefficient (Wildman–Crippen LogP) is 3.90. The van der Waals surface area contributed by atoms with E-state index in [0.717, 1.165) is 19.3 Å². The second-order valence-corrected chi connectivity index (χ2v) is 6.11. The van der Waals surface area contributed by atoms with Crippen LogP contribution in [0.3, 0.4) is 0 Å². The Kier molecular flexibility index (Phi) is 2.60. The zero-order valence-electron chi connectivity index (χ0n) is 10.8. The van der Waals surface area contributed by atoms with Gasteiger partial charge in [-0.2, -0.15) is 0 Å². The van der Waals surface area contributed by atoms with Gasteiger partial charge in [0.1, 0.15) is 6.29 Å².